The van der Waals surface area contributed by atoms with Gasteiger partial charge in [-0.3, -0.25) is 14.0 Å². The molecule has 1 aliphatic heterocycles. The summed E-state index contributed by atoms with van der Waals surface area (Å²) >= 11 is 0. The highest BCUT2D eigenvalue weighted by atomic mass is 32.2. The minimum absolute atomic E-state index is 0.0687. The number of ether oxygens (including phenoxy) is 1. The summed E-state index contributed by atoms with van der Waals surface area (Å²) in [6, 6.07) is 23.0. The van der Waals surface area contributed by atoms with E-state index in [2.05, 4.69) is 16.3 Å². The Morgan fingerprint density at radius 3 is 2.35 bits per heavy atom. The standard InChI is InChI=1S/C26H29N3O4S/c1-28(24-11-3-2-4-12-24)34(31,32)25-13-7-10-21(18-25)26(30)27-19-22-8-5-6-9-23(22)20-29-14-16-33-17-15-29/h2-13,18H,14-17,19-20H2,1H3,(H,27,30). The van der Waals surface area contributed by atoms with Crippen LogP contribution in [0.15, 0.2) is 83.8 Å². The summed E-state index contributed by atoms with van der Waals surface area (Å²) in [6.45, 7) is 4.41. The molecule has 1 N–H and O–H groups in total. The average molecular weight is 480 g/mol. The van der Waals surface area contributed by atoms with Crippen LogP contribution in [-0.4, -0.2) is 52.6 Å². The zero-order valence-corrected chi connectivity index (χ0v) is 20.0. The Labute approximate surface area is 201 Å². The van der Waals surface area contributed by atoms with Gasteiger partial charge in [0.05, 0.1) is 23.8 Å². The van der Waals surface area contributed by atoms with E-state index in [1.54, 1.807) is 36.4 Å². The van der Waals surface area contributed by atoms with Gasteiger partial charge >= 0.3 is 0 Å². The molecule has 1 saturated heterocycles. The number of para-hydroxylation sites is 1. The van der Waals surface area contributed by atoms with Crippen molar-refractivity contribution < 1.29 is 17.9 Å². The lowest BCUT2D eigenvalue weighted by atomic mass is 10.1. The summed E-state index contributed by atoms with van der Waals surface area (Å²) in [7, 11) is -2.30. The second-order valence-electron chi connectivity index (χ2n) is 8.18. The van der Waals surface area contributed by atoms with Crippen molar-refractivity contribution >= 4 is 21.6 Å². The highest BCUT2D eigenvalue weighted by Crippen LogP contribution is 2.22. The van der Waals surface area contributed by atoms with Gasteiger partial charge in [0, 0.05) is 38.8 Å². The van der Waals surface area contributed by atoms with Crippen LogP contribution in [0.4, 0.5) is 5.69 Å². The molecule has 0 radical (unpaired) electrons. The van der Waals surface area contributed by atoms with E-state index in [9.17, 15) is 13.2 Å². The number of anilines is 1. The van der Waals surface area contributed by atoms with Gasteiger partial charge in [0.25, 0.3) is 15.9 Å². The molecule has 0 bridgehead atoms. The highest BCUT2D eigenvalue weighted by molar-refractivity contribution is 7.92. The van der Waals surface area contributed by atoms with Crippen molar-refractivity contribution in [1.82, 2.24) is 10.2 Å². The van der Waals surface area contributed by atoms with Crippen LogP contribution in [0.1, 0.15) is 21.5 Å². The molecule has 1 aliphatic rings. The highest BCUT2D eigenvalue weighted by Gasteiger charge is 2.22. The first-order valence-electron chi connectivity index (χ1n) is 11.2. The minimum atomic E-state index is -3.80. The molecule has 178 valence electrons. The molecule has 0 atom stereocenters. The lowest BCUT2D eigenvalue weighted by Gasteiger charge is -2.27. The van der Waals surface area contributed by atoms with Gasteiger partial charge in [-0.25, -0.2) is 8.42 Å². The molecule has 3 aromatic rings. The number of nitrogens with one attached hydrogen (secondary N) is 1. The van der Waals surface area contributed by atoms with E-state index >= 15 is 0 Å². The molecule has 0 aromatic heterocycles. The maximum atomic E-state index is 13.1. The summed E-state index contributed by atoms with van der Waals surface area (Å²) in [5.74, 6) is -0.319. The molecule has 3 aromatic carbocycles. The zero-order chi connectivity index (χ0) is 24.0. The zero-order valence-electron chi connectivity index (χ0n) is 19.2. The largest absolute Gasteiger partial charge is 0.379 e. The van der Waals surface area contributed by atoms with Crippen molar-refractivity contribution in [3.05, 3.63) is 95.6 Å². The Bertz CT molecular complexity index is 1230. The summed E-state index contributed by atoms with van der Waals surface area (Å²) in [5, 5.41) is 2.94. The van der Waals surface area contributed by atoms with E-state index in [1.807, 2.05) is 24.3 Å². The van der Waals surface area contributed by atoms with Crippen LogP contribution in [0, 0.1) is 0 Å². The first kappa shape index (κ1) is 23.9. The number of carbonyl (C=O) groups excluding carboxylic acids is 1. The van der Waals surface area contributed by atoms with Crippen LogP contribution in [0.2, 0.25) is 0 Å². The third kappa shape index (κ3) is 5.64. The van der Waals surface area contributed by atoms with Crippen LogP contribution in [0.5, 0.6) is 0 Å². The van der Waals surface area contributed by atoms with Gasteiger partial charge in [0.15, 0.2) is 0 Å². The van der Waals surface area contributed by atoms with Crippen molar-refractivity contribution in [3.8, 4) is 0 Å². The van der Waals surface area contributed by atoms with Gasteiger partial charge in [-0.15, -0.1) is 0 Å². The summed E-state index contributed by atoms with van der Waals surface area (Å²) in [4.78, 5) is 15.3. The van der Waals surface area contributed by atoms with E-state index < -0.39 is 10.0 Å². The quantitative estimate of drug-likeness (QED) is 0.537. The van der Waals surface area contributed by atoms with Crippen molar-refractivity contribution in [2.45, 2.75) is 18.0 Å². The van der Waals surface area contributed by atoms with Crippen molar-refractivity contribution in [1.29, 1.82) is 0 Å². The monoisotopic (exact) mass is 479 g/mol. The van der Waals surface area contributed by atoms with Gasteiger partial charge in [0.1, 0.15) is 0 Å². The molecule has 1 fully saturated rings. The van der Waals surface area contributed by atoms with Crippen LogP contribution in [-0.2, 0) is 27.8 Å². The third-order valence-electron chi connectivity index (χ3n) is 5.93. The van der Waals surface area contributed by atoms with Crippen LogP contribution < -0.4 is 9.62 Å². The van der Waals surface area contributed by atoms with Gasteiger partial charge in [0.2, 0.25) is 0 Å². The predicted octanol–water partition coefficient (Wildman–Crippen LogP) is 3.27. The lowest BCUT2D eigenvalue weighted by Crippen LogP contribution is -2.36. The number of morpholine rings is 1. The maximum absolute atomic E-state index is 13.1. The maximum Gasteiger partial charge on any atom is 0.264 e. The van der Waals surface area contributed by atoms with E-state index in [0.717, 1.165) is 44.0 Å². The molecule has 7 nitrogen and oxygen atoms in total. The van der Waals surface area contributed by atoms with Gasteiger partial charge < -0.3 is 10.1 Å². The van der Waals surface area contributed by atoms with Gasteiger partial charge in [-0.2, -0.15) is 0 Å². The molecule has 8 heteroatoms. The second kappa shape index (κ2) is 10.8. The minimum Gasteiger partial charge on any atom is -0.379 e. The van der Waals surface area contributed by atoms with Crippen LogP contribution in [0.3, 0.4) is 0 Å². The summed E-state index contributed by atoms with van der Waals surface area (Å²) in [6.07, 6.45) is 0. The Hall–Kier alpha value is -3.20. The Kier molecular flexibility index (Phi) is 7.62. The van der Waals surface area contributed by atoms with E-state index in [1.165, 1.54) is 23.5 Å². The molecule has 0 saturated carbocycles. The molecule has 34 heavy (non-hydrogen) atoms. The van der Waals surface area contributed by atoms with E-state index in [4.69, 9.17) is 4.74 Å². The van der Waals surface area contributed by atoms with Crippen molar-refractivity contribution in [2.75, 3.05) is 37.7 Å². The normalized spacial score (nSPS) is 14.5. The number of hydrogen-bond donors (Lipinski definition) is 1. The Morgan fingerprint density at radius 1 is 0.941 bits per heavy atom. The fraction of sp³-hybridized carbons (Fsp3) is 0.269. The average Bonchev–Trinajstić information content (AvgIpc) is 2.88. The van der Waals surface area contributed by atoms with E-state index in [0.29, 0.717) is 17.8 Å². The molecule has 0 spiro atoms. The number of rotatable bonds is 8. The number of amides is 1. The molecule has 0 aliphatic carbocycles. The van der Waals surface area contributed by atoms with Crippen LogP contribution in [0.25, 0.3) is 0 Å². The number of hydrogen-bond acceptors (Lipinski definition) is 5. The fourth-order valence-corrected chi connectivity index (χ4v) is 5.14. The fourth-order valence-electron chi connectivity index (χ4n) is 3.89. The number of sulfonamides is 1. The SMILES string of the molecule is CN(c1ccccc1)S(=O)(=O)c1cccc(C(=O)NCc2ccccc2CN2CCOCC2)c1. The summed E-state index contributed by atoms with van der Waals surface area (Å²) in [5.41, 5.74) is 3.04. The number of benzene rings is 3. The van der Waals surface area contributed by atoms with E-state index in [-0.39, 0.29) is 10.8 Å². The van der Waals surface area contributed by atoms with Crippen molar-refractivity contribution in [3.63, 3.8) is 0 Å². The predicted molar refractivity (Wildman–Crippen MR) is 132 cm³/mol. The smallest absolute Gasteiger partial charge is 0.264 e. The third-order valence-corrected chi connectivity index (χ3v) is 7.71. The Balaban J connectivity index is 1.45. The molecule has 1 amide bonds. The van der Waals surface area contributed by atoms with Gasteiger partial charge in [-0.05, 0) is 41.5 Å². The molecular weight excluding hydrogens is 450 g/mol. The second-order valence-corrected chi connectivity index (χ2v) is 10.1. The number of nitrogens with zero attached hydrogens (tertiary/aromatic N) is 2. The molecule has 0 unspecified atom stereocenters. The first-order chi connectivity index (χ1) is 16.4. The molecule has 4 rings (SSSR count). The van der Waals surface area contributed by atoms with Crippen molar-refractivity contribution in [2.24, 2.45) is 0 Å². The topological polar surface area (TPSA) is 79.0 Å². The lowest BCUT2D eigenvalue weighted by molar-refractivity contribution is 0.0340. The number of carbonyl (C=O) groups is 1. The van der Waals surface area contributed by atoms with Crippen LogP contribution >= 0.6 is 0 Å². The van der Waals surface area contributed by atoms with Gasteiger partial charge in [-0.1, -0.05) is 48.5 Å². The molecular formula is C26H29N3O4S. The Morgan fingerprint density at radius 2 is 1.62 bits per heavy atom. The summed E-state index contributed by atoms with van der Waals surface area (Å²) < 4.78 is 32.8. The first-order valence-corrected chi connectivity index (χ1v) is 12.7. The molecule has 1 heterocycles.